The Labute approximate surface area is 95.0 Å². The first-order chi connectivity index (χ1) is 7.79. The average molecular weight is 220 g/mol. The number of methoxy groups -OCH3 is 1. The zero-order valence-corrected chi connectivity index (χ0v) is 9.38. The summed E-state index contributed by atoms with van der Waals surface area (Å²) in [5, 5.41) is 6.14. The van der Waals surface area contributed by atoms with Crippen LogP contribution < -0.4 is 10.6 Å². The van der Waals surface area contributed by atoms with Crippen LogP contribution in [-0.2, 0) is 16.0 Å². The predicted octanol–water partition coefficient (Wildman–Crippen LogP) is 1.63. The molecule has 1 heterocycles. The van der Waals surface area contributed by atoms with Gasteiger partial charge in [-0.2, -0.15) is 0 Å². The maximum absolute atomic E-state index is 11.5. The van der Waals surface area contributed by atoms with Crippen molar-refractivity contribution in [2.24, 2.45) is 0 Å². The minimum absolute atomic E-state index is 0.00671. The van der Waals surface area contributed by atoms with E-state index in [9.17, 15) is 4.79 Å². The second kappa shape index (κ2) is 4.99. The van der Waals surface area contributed by atoms with Crippen molar-refractivity contribution in [1.29, 1.82) is 0 Å². The van der Waals surface area contributed by atoms with E-state index in [1.54, 1.807) is 7.11 Å². The summed E-state index contributed by atoms with van der Waals surface area (Å²) in [5.41, 5.74) is 3.31. The number of amides is 1. The zero-order valence-electron chi connectivity index (χ0n) is 9.38. The molecule has 16 heavy (non-hydrogen) atoms. The van der Waals surface area contributed by atoms with Gasteiger partial charge >= 0.3 is 0 Å². The Hall–Kier alpha value is -1.55. The number of hydrogen-bond acceptors (Lipinski definition) is 3. The maximum atomic E-state index is 11.5. The Kier molecular flexibility index (Phi) is 3.41. The number of ether oxygens (including phenoxy) is 1. The summed E-state index contributed by atoms with van der Waals surface area (Å²) in [6.45, 7) is 1.44. The molecule has 0 aromatic heterocycles. The summed E-state index contributed by atoms with van der Waals surface area (Å²) in [7, 11) is 1.59. The van der Waals surface area contributed by atoms with Crippen LogP contribution in [0.15, 0.2) is 18.2 Å². The molecule has 4 heteroatoms. The van der Waals surface area contributed by atoms with E-state index in [0.29, 0.717) is 13.0 Å². The Morgan fingerprint density at radius 3 is 3.25 bits per heavy atom. The molecule has 1 amide bonds. The van der Waals surface area contributed by atoms with E-state index >= 15 is 0 Å². The normalized spacial score (nSPS) is 13.1. The molecule has 86 valence electrons. The van der Waals surface area contributed by atoms with Gasteiger partial charge in [-0.1, -0.05) is 0 Å². The third-order valence-corrected chi connectivity index (χ3v) is 2.63. The van der Waals surface area contributed by atoms with Gasteiger partial charge in [0.1, 0.15) is 0 Å². The van der Waals surface area contributed by atoms with Crippen LogP contribution in [-0.4, -0.2) is 26.2 Å². The molecule has 1 aliphatic rings. The molecule has 0 saturated heterocycles. The first-order valence-electron chi connectivity index (χ1n) is 5.45. The Bertz CT molecular complexity index is 391. The molecule has 4 nitrogen and oxygen atoms in total. The van der Waals surface area contributed by atoms with Crippen LogP contribution >= 0.6 is 0 Å². The summed E-state index contributed by atoms with van der Waals surface area (Å²) < 4.78 is 4.85. The van der Waals surface area contributed by atoms with Crippen molar-refractivity contribution in [1.82, 2.24) is 0 Å². The van der Waals surface area contributed by atoms with Gasteiger partial charge < -0.3 is 15.4 Å². The van der Waals surface area contributed by atoms with Crippen molar-refractivity contribution in [3.8, 4) is 0 Å². The molecule has 0 aliphatic carbocycles. The van der Waals surface area contributed by atoms with Crippen molar-refractivity contribution in [3.63, 3.8) is 0 Å². The molecule has 0 fully saturated rings. The first kappa shape index (κ1) is 11.0. The summed E-state index contributed by atoms with van der Waals surface area (Å²) >= 11 is 0. The fraction of sp³-hybridized carbons (Fsp3) is 0.417. The predicted molar refractivity (Wildman–Crippen MR) is 63.8 cm³/mol. The third-order valence-electron chi connectivity index (χ3n) is 2.63. The van der Waals surface area contributed by atoms with Gasteiger partial charge in [-0.25, -0.2) is 0 Å². The highest BCUT2D eigenvalue weighted by molar-refractivity contribution is 5.91. The van der Waals surface area contributed by atoms with Gasteiger partial charge in [0.25, 0.3) is 0 Å². The molecule has 1 aromatic carbocycles. The van der Waals surface area contributed by atoms with E-state index in [0.717, 1.165) is 18.7 Å². The number of anilines is 2. The summed E-state index contributed by atoms with van der Waals surface area (Å²) in [6.07, 6.45) is 1.42. The molecule has 1 aromatic rings. The average Bonchev–Trinajstić information content (AvgIpc) is 2.73. The van der Waals surface area contributed by atoms with Crippen LogP contribution in [0.3, 0.4) is 0 Å². The van der Waals surface area contributed by atoms with Crippen molar-refractivity contribution in [3.05, 3.63) is 23.8 Å². The van der Waals surface area contributed by atoms with Crippen molar-refractivity contribution < 1.29 is 9.53 Å². The lowest BCUT2D eigenvalue weighted by molar-refractivity contribution is -0.117. The molecule has 0 spiro atoms. The molecular formula is C12H16N2O2. The van der Waals surface area contributed by atoms with Gasteiger partial charge in [-0.15, -0.1) is 0 Å². The molecule has 2 N–H and O–H groups in total. The summed E-state index contributed by atoms with van der Waals surface area (Å²) in [6, 6.07) is 5.95. The Morgan fingerprint density at radius 1 is 1.56 bits per heavy atom. The summed E-state index contributed by atoms with van der Waals surface area (Å²) in [5.74, 6) is -0.00671. The van der Waals surface area contributed by atoms with Gasteiger partial charge in [-0.05, 0) is 30.2 Å². The fourth-order valence-electron chi connectivity index (χ4n) is 1.80. The molecular weight excluding hydrogens is 204 g/mol. The molecule has 1 aliphatic heterocycles. The minimum Gasteiger partial charge on any atom is -0.384 e. The standard InChI is InChI=1S/C12H16N2O2/c1-16-7-5-12(15)14-10-2-3-11-9(8-10)4-6-13-11/h2-3,8,13H,4-7H2,1H3,(H,14,15). The van der Waals surface area contributed by atoms with Crippen LogP contribution in [0.25, 0.3) is 0 Å². The monoisotopic (exact) mass is 220 g/mol. The van der Waals surface area contributed by atoms with Crippen LogP contribution in [0.4, 0.5) is 11.4 Å². The Balaban J connectivity index is 1.97. The highest BCUT2D eigenvalue weighted by Crippen LogP contribution is 2.25. The van der Waals surface area contributed by atoms with E-state index in [1.807, 2.05) is 18.2 Å². The van der Waals surface area contributed by atoms with Crippen LogP contribution in [0, 0.1) is 0 Å². The molecule has 0 radical (unpaired) electrons. The lowest BCUT2D eigenvalue weighted by atomic mass is 10.1. The largest absolute Gasteiger partial charge is 0.384 e. The SMILES string of the molecule is COCCC(=O)Nc1ccc2c(c1)CCN2. The van der Waals surface area contributed by atoms with Gasteiger partial charge in [0.15, 0.2) is 0 Å². The van der Waals surface area contributed by atoms with E-state index in [4.69, 9.17) is 4.74 Å². The van der Waals surface area contributed by atoms with Crippen molar-refractivity contribution in [2.75, 3.05) is 30.9 Å². The smallest absolute Gasteiger partial charge is 0.226 e. The topological polar surface area (TPSA) is 50.4 Å². The van der Waals surface area contributed by atoms with E-state index in [-0.39, 0.29) is 5.91 Å². The molecule has 0 unspecified atom stereocenters. The van der Waals surface area contributed by atoms with Gasteiger partial charge in [-0.3, -0.25) is 4.79 Å². The number of nitrogens with one attached hydrogen (secondary N) is 2. The lowest BCUT2D eigenvalue weighted by Gasteiger charge is -2.06. The quantitative estimate of drug-likeness (QED) is 0.810. The number of rotatable bonds is 4. The number of benzene rings is 1. The lowest BCUT2D eigenvalue weighted by Crippen LogP contribution is -2.13. The highest BCUT2D eigenvalue weighted by Gasteiger charge is 2.10. The van der Waals surface area contributed by atoms with Gasteiger partial charge in [0, 0.05) is 25.0 Å². The minimum atomic E-state index is -0.00671. The zero-order chi connectivity index (χ0) is 11.4. The highest BCUT2D eigenvalue weighted by atomic mass is 16.5. The molecule has 0 saturated carbocycles. The van der Waals surface area contributed by atoms with Crippen LogP contribution in [0.2, 0.25) is 0 Å². The van der Waals surface area contributed by atoms with Crippen molar-refractivity contribution >= 4 is 17.3 Å². The van der Waals surface area contributed by atoms with Crippen LogP contribution in [0.1, 0.15) is 12.0 Å². The van der Waals surface area contributed by atoms with Crippen LogP contribution in [0.5, 0.6) is 0 Å². The first-order valence-corrected chi connectivity index (χ1v) is 5.45. The molecule has 0 bridgehead atoms. The van der Waals surface area contributed by atoms with E-state index in [2.05, 4.69) is 10.6 Å². The Morgan fingerprint density at radius 2 is 2.44 bits per heavy atom. The second-order valence-electron chi connectivity index (χ2n) is 3.84. The second-order valence-corrected chi connectivity index (χ2v) is 3.84. The van der Waals surface area contributed by atoms with E-state index in [1.165, 1.54) is 11.3 Å². The van der Waals surface area contributed by atoms with Gasteiger partial charge in [0.2, 0.25) is 5.91 Å². The third kappa shape index (κ3) is 2.52. The van der Waals surface area contributed by atoms with E-state index < -0.39 is 0 Å². The van der Waals surface area contributed by atoms with Gasteiger partial charge in [0.05, 0.1) is 13.0 Å². The fourth-order valence-corrected chi connectivity index (χ4v) is 1.80. The number of hydrogen-bond donors (Lipinski definition) is 2. The molecule has 0 atom stereocenters. The number of carbonyl (C=O) groups excluding carboxylic acids is 1. The van der Waals surface area contributed by atoms with Crippen molar-refractivity contribution in [2.45, 2.75) is 12.8 Å². The summed E-state index contributed by atoms with van der Waals surface area (Å²) in [4.78, 5) is 11.5. The maximum Gasteiger partial charge on any atom is 0.226 e. The number of fused-ring (bicyclic) bond motifs is 1. The number of carbonyl (C=O) groups is 1. The molecule has 2 rings (SSSR count).